The molecule has 0 saturated carbocycles. The summed E-state index contributed by atoms with van der Waals surface area (Å²) < 4.78 is 4.81. The van der Waals surface area contributed by atoms with Gasteiger partial charge >= 0.3 is 5.97 Å². The van der Waals surface area contributed by atoms with Crippen LogP contribution in [0.5, 0.6) is 0 Å². The second-order valence-electron chi connectivity index (χ2n) is 4.90. The second-order valence-corrected chi connectivity index (χ2v) is 6.38. The summed E-state index contributed by atoms with van der Waals surface area (Å²) in [7, 11) is 1.32. The first kappa shape index (κ1) is 15.6. The van der Waals surface area contributed by atoms with Gasteiger partial charge in [0.1, 0.15) is 0 Å². The van der Waals surface area contributed by atoms with E-state index < -0.39 is 5.97 Å². The lowest BCUT2D eigenvalue weighted by molar-refractivity contribution is -0.117. The number of hydrogen-bond donors (Lipinski definition) is 0. The molecule has 1 saturated heterocycles. The molecule has 21 heavy (non-hydrogen) atoms. The Balaban J connectivity index is 2.34. The smallest absolute Gasteiger partial charge is 0.340 e. The van der Waals surface area contributed by atoms with Crippen molar-refractivity contribution in [2.24, 2.45) is 0 Å². The summed E-state index contributed by atoms with van der Waals surface area (Å²) in [6.07, 6.45) is 0.304. The highest BCUT2D eigenvalue weighted by Gasteiger charge is 2.34. The highest BCUT2D eigenvalue weighted by molar-refractivity contribution is 8.14. The Bertz CT molecular complexity index is 599. The third-order valence-electron chi connectivity index (χ3n) is 3.35. The maximum Gasteiger partial charge on any atom is 0.340 e. The molecule has 1 aliphatic heterocycles. The monoisotopic (exact) mass is 307 g/mol. The van der Waals surface area contributed by atoms with Crippen LogP contribution in [0.25, 0.3) is 0 Å². The van der Waals surface area contributed by atoms with Crippen LogP contribution in [-0.4, -0.2) is 35.9 Å². The number of carbonyl (C=O) groups excluding carboxylic acids is 3. The van der Waals surface area contributed by atoms with E-state index in [2.05, 4.69) is 0 Å². The van der Waals surface area contributed by atoms with E-state index in [-0.39, 0.29) is 16.3 Å². The first-order valence-corrected chi connectivity index (χ1v) is 7.47. The number of aryl methyl sites for hydroxylation is 1. The summed E-state index contributed by atoms with van der Waals surface area (Å²) in [6, 6.07) is 5.34. The molecule has 1 unspecified atom stereocenters. The molecule has 2 rings (SSSR count). The van der Waals surface area contributed by atoms with E-state index in [0.717, 1.165) is 5.56 Å². The van der Waals surface area contributed by atoms with E-state index in [0.29, 0.717) is 24.2 Å². The van der Waals surface area contributed by atoms with Crippen molar-refractivity contribution >= 4 is 34.4 Å². The summed E-state index contributed by atoms with van der Waals surface area (Å²) >= 11 is 1.17. The van der Waals surface area contributed by atoms with Crippen molar-refractivity contribution in [2.75, 3.05) is 18.6 Å². The van der Waals surface area contributed by atoms with E-state index in [4.69, 9.17) is 4.74 Å². The highest BCUT2D eigenvalue weighted by atomic mass is 32.2. The topological polar surface area (TPSA) is 63.7 Å². The normalized spacial score (nSPS) is 18.0. The quantitative estimate of drug-likeness (QED) is 0.801. The Morgan fingerprint density at radius 2 is 2.10 bits per heavy atom. The van der Waals surface area contributed by atoms with Crippen molar-refractivity contribution < 1.29 is 19.1 Å². The maximum atomic E-state index is 12.2. The number of methoxy groups -OCH3 is 1. The minimum atomic E-state index is -0.460. The Labute approximate surface area is 127 Å². The second kappa shape index (κ2) is 6.30. The molecule has 6 heteroatoms. The van der Waals surface area contributed by atoms with Crippen molar-refractivity contribution in [2.45, 2.75) is 25.5 Å². The fourth-order valence-electron chi connectivity index (χ4n) is 2.47. The SMILES string of the molecule is COC(=O)c1c(C)cccc1N1CC(SC(C)=O)CC1=O. The summed E-state index contributed by atoms with van der Waals surface area (Å²) in [5.41, 5.74) is 1.72. The number of ether oxygens (including phenoxy) is 1. The Morgan fingerprint density at radius 3 is 2.71 bits per heavy atom. The molecule has 1 aromatic rings. The number of amides is 1. The van der Waals surface area contributed by atoms with Crippen molar-refractivity contribution in [1.29, 1.82) is 0 Å². The number of esters is 1. The molecule has 112 valence electrons. The standard InChI is InChI=1S/C15H17NO4S/c1-9-5-4-6-12(14(9)15(19)20-3)16-8-11(7-13(16)18)21-10(2)17/h4-6,11H,7-8H2,1-3H3. The number of hydrogen-bond acceptors (Lipinski definition) is 5. The summed E-state index contributed by atoms with van der Waals surface area (Å²) in [4.78, 5) is 36.9. The van der Waals surface area contributed by atoms with Crippen molar-refractivity contribution in [3.63, 3.8) is 0 Å². The molecule has 0 radical (unpaired) electrons. The maximum absolute atomic E-state index is 12.2. The Hall–Kier alpha value is -1.82. The lowest BCUT2D eigenvalue weighted by atomic mass is 10.1. The lowest BCUT2D eigenvalue weighted by Crippen LogP contribution is -2.27. The molecule has 0 spiro atoms. The van der Waals surface area contributed by atoms with Crippen LogP contribution in [-0.2, 0) is 14.3 Å². The highest BCUT2D eigenvalue weighted by Crippen LogP contribution is 2.32. The first-order chi connectivity index (χ1) is 9.93. The third kappa shape index (κ3) is 3.26. The molecule has 1 atom stereocenters. The van der Waals surface area contributed by atoms with E-state index in [1.165, 1.54) is 25.8 Å². The molecule has 1 aliphatic rings. The Morgan fingerprint density at radius 1 is 1.38 bits per heavy atom. The number of benzene rings is 1. The van der Waals surface area contributed by atoms with Gasteiger partial charge in [-0.2, -0.15) is 0 Å². The number of thioether (sulfide) groups is 1. The van der Waals surface area contributed by atoms with Crippen LogP contribution in [0.1, 0.15) is 29.3 Å². The van der Waals surface area contributed by atoms with Crippen molar-refractivity contribution in [1.82, 2.24) is 0 Å². The zero-order valence-electron chi connectivity index (χ0n) is 12.2. The van der Waals surface area contributed by atoms with Crippen LogP contribution in [0.4, 0.5) is 5.69 Å². The van der Waals surface area contributed by atoms with Crippen LogP contribution in [0.3, 0.4) is 0 Å². The number of carbonyl (C=O) groups is 3. The van der Waals surface area contributed by atoms with Crippen molar-refractivity contribution in [3.05, 3.63) is 29.3 Å². The molecule has 0 bridgehead atoms. The average Bonchev–Trinajstić information content (AvgIpc) is 2.77. The minimum Gasteiger partial charge on any atom is -0.465 e. The number of anilines is 1. The third-order valence-corrected chi connectivity index (χ3v) is 4.33. The predicted octanol–water partition coefficient (Wildman–Crippen LogP) is 2.17. The zero-order chi connectivity index (χ0) is 15.6. The van der Waals surface area contributed by atoms with Gasteiger partial charge in [-0.15, -0.1) is 0 Å². The summed E-state index contributed by atoms with van der Waals surface area (Å²) in [5, 5.41) is -0.0758. The first-order valence-electron chi connectivity index (χ1n) is 6.59. The van der Waals surface area contributed by atoms with Gasteiger partial charge in [0.25, 0.3) is 0 Å². The van der Waals surface area contributed by atoms with E-state index >= 15 is 0 Å². The van der Waals surface area contributed by atoms with Crippen LogP contribution in [0.15, 0.2) is 18.2 Å². The van der Waals surface area contributed by atoms with Gasteiger partial charge in [-0.05, 0) is 18.6 Å². The molecule has 0 N–H and O–H groups in total. The van der Waals surface area contributed by atoms with E-state index in [1.807, 2.05) is 0 Å². The van der Waals surface area contributed by atoms with Gasteiger partial charge < -0.3 is 9.64 Å². The van der Waals surface area contributed by atoms with Crippen molar-refractivity contribution in [3.8, 4) is 0 Å². The fourth-order valence-corrected chi connectivity index (χ4v) is 3.39. The van der Waals surface area contributed by atoms with Gasteiger partial charge in [-0.25, -0.2) is 4.79 Å². The lowest BCUT2D eigenvalue weighted by Gasteiger charge is -2.20. The molecule has 1 aromatic carbocycles. The molecule has 1 amide bonds. The summed E-state index contributed by atoms with van der Waals surface area (Å²) in [5.74, 6) is -0.539. The molecule has 0 aromatic heterocycles. The molecular formula is C15H17NO4S. The number of rotatable bonds is 3. The molecule has 0 aliphatic carbocycles. The van der Waals surface area contributed by atoms with Gasteiger partial charge in [-0.3, -0.25) is 9.59 Å². The fraction of sp³-hybridized carbons (Fsp3) is 0.400. The number of nitrogens with zero attached hydrogens (tertiary/aromatic N) is 1. The van der Waals surface area contributed by atoms with Gasteiger partial charge in [0.15, 0.2) is 5.12 Å². The molecular weight excluding hydrogens is 290 g/mol. The minimum absolute atomic E-state index is 0.00733. The predicted molar refractivity (Wildman–Crippen MR) is 81.5 cm³/mol. The average molecular weight is 307 g/mol. The molecule has 1 fully saturated rings. The van der Waals surface area contributed by atoms with Crippen LogP contribution < -0.4 is 4.90 Å². The van der Waals surface area contributed by atoms with E-state index in [9.17, 15) is 14.4 Å². The van der Waals surface area contributed by atoms with Gasteiger partial charge in [-0.1, -0.05) is 23.9 Å². The largest absolute Gasteiger partial charge is 0.465 e. The van der Waals surface area contributed by atoms with Gasteiger partial charge in [0.2, 0.25) is 5.91 Å². The van der Waals surface area contributed by atoms with E-state index in [1.54, 1.807) is 30.0 Å². The van der Waals surface area contributed by atoms with Gasteiger partial charge in [0, 0.05) is 25.1 Å². The Kier molecular flexibility index (Phi) is 4.67. The zero-order valence-corrected chi connectivity index (χ0v) is 13.0. The molecule has 1 heterocycles. The van der Waals surface area contributed by atoms with Crippen LogP contribution in [0, 0.1) is 6.92 Å². The summed E-state index contributed by atoms with van der Waals surface area (Å²) in [6.45, 7) is 3.72. The molecule has 5 nitrogen and oxygen atoms in total. The van der Waals surface area contributed by atoms with Gasteiger partial charge in [0.05, 0.1) is 18.4 Å². The van der Waals surface area contributed by atoms with Crippen LogP contribution in [0.2, 0.25) is 0 Å². The van der Waals surface area contributed by atoms with Crippen LogP contribution >= 0.6 is 11.8 Å².